The number of aryl methyl sites for hydroxylation is 1. The van der Waals surface area contributed by atoms with Crippen molar-refractivity contribution in [2.45, 2.75) is 29.1 Å². The maximum Gasteiger partial charge on any atom is 0.237 e. The van der Waals surface area contributed by atoms with Crippen molar-refractivity contribution >= 4 is 46.0 Å². The minimum Gasteiger partial charge on any atom is -0.325 e. The van der Waals surface area contributed by atoms with Crippen LogP contribution < -0.4 is 10.2 Å². The van der Waals surface area contributed by atoms with Gasteiger partial charge in [-0.25, -0.2) is 0 Å². The van der Waals surface area contributed by atoms with E-state index in [0.717, 1.165) is 40.9 Å². The molecule has 2 aliphatic heterocycles. The van der Waals surface area contributed by atoms with Gasteiger partial charge in [0, 0.05) is 17.1 Å². The molecule has 30 heavy (non-hydrogen) atoms. The number of nitrogens with one attached hydrogen (secondary N) is 1. The molecule has 1 aromatic heterocycles. The lowest BCUT2D eigenvalue weighted by Gasteiger charge is -2.15. The third kappa shape index (κ3) is 3.56. The Bertz CT molecular complexity index is 1160. The van der Waals surface area contributed by atoms with Crippen LogP contribution in [0.3, 0.4) is 0 Å². The number of hydrogen-bond acceptors (Lipinski definition) is 8. The van der Waals surface area contributed by atoms with Crippen molar-refractivity contribution in [1.82, 2.24) is 20.2 Å². The van der Waals surface area contributed by atoms with Gasteiger partial charge < -0.3 is 10.2 Å². The first-order valence-electron chi connectivity index (χ1n) is 9.55. The predicted octanol–water partition coefficient (Wildman–Crippen LogP) is 3.37. The van der Waals surface area contributed by atoms with Crippen molar-refractivity contribution < 1.29 is 4.79 Å². The maximum atomic E-state index is 12.8. The molecule has 8 nitrogen and oxygen atoms in total. The van der Waals surface area contributed by atoms with E-state index in [1.165, 1.54) is 16.7 Å². The smallest absolute Gasteiger partial charge is 0.237 e. The normalized spacial score (nSPS) is 15.5. The number of carbonyl (C=O) groups excluding carboxylic acids is 1. The Morgan fingerprint density at radius 3 is 3.03 bits per heavy atom. The molecule has 3 aromatic rings. The van der Waals surface area contributed by atoms with Crippen LogP contribution in [0.1, 0.15) is 12.5 Å². The largest absolute Gasteiger partial charge is 0.325 e. The van der Waals surface area contributed by atoms with Gasteiger partial charge in [0.15, 0.2) is 5.17 Å². The average molecular weight is 438 g/mol. The number of tetrazole rings is 1. The van der Waals surface area contributed by atoms with E-state index in [-0.39, 0.29) is 11.2 Å². The van der Waals surface area contributed by atoms with Crippen LogP contribution in [0.2, 0.25) is 0 Å². The molecule has 1 atom stereocenters. The first-order valence-corrected chi connectivity index (χ1v) is 11.2. The molecule has 0 spiro atoms. The predicted molar refractivity (Wildman–Crippen MR) is 120 cm³/mol. The number of benzene rings is 2. The van der Waals surface area contributed by atoms with Crippen LogP contribution in [0, 0.1) is 6.92 Å². The molecule has 0 saturated carbocycles. The molecule has 10 heteroatoms. The fraction of sp³-hybridized carbons (Fsp3) is 0.250. The van der Waals surface area contributed by atoms with E-state index in [1.54, 1.807) is 16.4 Å². The summed E-state index contributed by atoms with van der Waals surface area (Å²) < 4.78 is 1.66. The molecule has 0 radical (unpaired) electrons. The van der Waals surface area contributed by atoms with E-state index in [2.05, 4.69) is 30.7 Å². The van der Waals surface area contributed by atoms with Crippen LogP contribution in [0.15, 0.2) is 57.5 Å². The van der Waals surface area contributed by atoms with Gasteiger partial charge in [-0.1, -0.05) is 23.9 Å². The Labute approximate surface area is 182 Å². The SMILES string of the molecule is Cc1cccc(-n2nnnc2SC(C)C(=O)Nc2ccc3c(c2)N2CCN=C2S3)c1. The van der Waals surface area contributed by atoms with Crippen LogP contribution >= 0.6 is 23.5 Å². The molecule has 0 bridgehead atoms. The van der Waals surface area contributed by atoms with Crippen LogP contribution in [0.25, 0.3) is 5.69 Å². The summed E-state index contributed by atoms with van der Waals surface area (Å²) in [7, 11) is 0. The molecule has 0 saturated heterocycles. The molecule has 152 valence electrons. The Balaban J connectivity index is 1.29. The molecule has 1 amide bonds. The highest BCUT2D eigenvalue weighted by atomic mass is 32.2. The Morgan fingerprint density at radius 1 is 1.27 bits per heavy atom. The monoisotopic (exact) mass is 437 g/mol. The van der Waals surface area contributed by atoms with Crippen molar-refractivity contribution in [1.29, 1.82) is 0 Å². The Morgan fingerprint density at radius 2 is 2.17 bits per heavy atom. The number of aromatic nitrogens is 4. The van der Waals surface area contributed by atoms with E-state index in [9.17, 15) is 4.79 Å². The molecule has 0 aliphatic carbocycles. The molecule has 1 unspecified atom stereocenters. The zero-order valence-electron chi connectivity index (χ0n) is 16.4. The number of aliphatic imine (C=N–C) groups is 1. The van der Waals surface area contributed by atoms with Crippen molar-refractivity contribution in [2.75, 3.05) is 23.3 Å². The molecular weight excluding hydrogens is 418 g/mol. The molecule has 2 aromatic carbocycles. The van der Waals surface area contributed by atoms with Gasteiger partial charge >= 0.3 is 0 Å². The minimum atomic E-state index is -0.369. The third-order valence-corrected chi connectivity index (χ3v) is 6.99. The summed E-state index contributed by atoms with van der Waals surface area (Å²) in [5, 5.41) is 16.2. The van der Waals surface area contributed by atoms with Gasteiger partial charge in [-0.15, -0.1) is 5.10 Å². The molecule has 2 aliphatic rings. The van der Waals surface area contributed by atoms with E-state index < -0.39 is 0 Å². The number of rotatable bonds is 5. The number of hydrogen-bond donors (Lipinski definition) is 1. The zero-order chi connectivity index (χ0) is 20.7. The third-order valence-electron chi connectivity index (χ3n) is 4.86. The summed E-state index contributed by atoms with van der Waals surface area (Å²) in [4.78, 5) is 20.7. The summed E-state index contributed by atoms with van der Waals surface area (Å²) in [6.07, 6.45) is 0. The van der Waals surface area contributed by atoms with Crippen LogP contribution in [0.4, 0.5) is 11.4 Å². The Kier molecular flexibility index (Phi) is 4.95. The summed E-state index contributed by atoms with van der Waals surface area (Å²) >= 11 is 3.01. The lowest BCUT2D eigenvalue weighted by atomic mass is 10.2. The second kappa shape index (κ2) is 7.77. The van der Waals surface area contributed by atoms with Crippen molar-refractivity contribution in [2.24, 2.45) is 4.99 Å². The first-order chi connectivity index (χ1) is 14.6. The highest BCUT2D eigenvalue weighted by Crippen LogP contribution is 2.43. The number of thioether (sulfide) groups is 2. The van der Waals surface area contributed by atoms with Gasteiger partial charge in [0.1, 0.15) is 0 Å². The second-order valence-electron chi connectivity index (χ2n) is 7.06. The zero-order valence-corrected chi connectivity index (χ0v) is 18.1. The lowest BCUT2D eigenvalue weighted by Crippen LogP contribution is -2.23. The van der Waals surface area contributed by atoms with Gasteiger partial charge in [0.2, 0.25) is 11.1 Å². The van der Waals surface area contributed by atoms with Crippen molar-refractivity contribution in [3.8, 4) is 5.69 Å². The number of amides is 1. The molecular formula is C20H19N7OS2. The fourth-order valence-corrected chi connectivity index (χ4v) is 5.23. The van der Waals surface area contributed by atoms with Gasteiger partial charge in [-0.2, -0.15) is 4.68 Å². The molecule has 5 rings (SSSR count). The van der Waals surface area contributed by atoms with Gasteiger partial charge in [-0.05, 0) is 71.9 Å². The molecule has 1 N–H and O–H groups in total. The summed E-state index contributed by atoms with van der Waals surface area (Å²) in [6, 6.07) is 13.9. The highest BCUT2D eigenvalue weighted by molar-refractivity contribution is 8.14. The highest BCUT2D eigenvalue weighted by Gasteiger charge is 2.30. The topological polar surface area (TPSA) is 88.3 Å². The number of carbonyl (C=O) groups is 1. The maximum absolute atomic E-state index is 12.8. The summed E-state index contributed by atoms with van der Waals surface area (Å²) in [5.74, 6) is -0.0975. The summed E-state index contributed by atoms with van der Waals surface area (Å²) in [6.45, 7) is 5.58. The number of fused-ring (bicyclic) bond motifs is 3. The van der Waals surface area contributed by atoms with E-state index in [4.69, 9.17) is 0 Å². The molecule has 0 fully saturated rings. The number of amidine groups is 1. The van der Waals surface area contributed by atoms with Gasteiger partial charge in [0.05, 0.1) is 23.2 Å². The van der Waals surface area contributed by atoms with Crippen molar-refractivity contribution in [3.05, 3.63) is 48.0 Å². The minimum absolute atomic E-state index is 0.0975. The second-order valence-corrected chi connectivity index (χ2v) is 9.38. The van der Waals surface area contributed by atoms with Crippen LogP contribution in [-0.2, 0) is 4.79 Å². The quantitative estimate of drug-likeness (QED) is 0.612. The lowest BCUT2D eigenvalue weighted by molar-refractivity contribution is -0.115. The number of anilines is 2. The first kappa shape index (κ1) is 19.1. The summed E-state index contributed by atoms with van der Waals surface area (Å²) in [5.41, 5.74) is 3.87. The van der Waals surface area contributed by atoms with Crippen LogP contribution in [0.5, 0.6) is 0 Å². The average Bonchev–Trinajstić information content (AvgIpc) is 3.44. The Hall–Kier alpha value is -2.85. The van der Waals surface area contributed by atoms with Crippen molar-refractivity contribution in [3.63, 3.8) is 0 Å². The van der Waals surface area contributed by atoms with E-state index in [0.29, 0.717) is 5.16 Å². The standard InChI is InChI=1S/C20H19N7OS2/c1-12-4-3-5-15(10-12)27-20(23-24-25-27)29-13(2)18(28)22-14-6-7-17-16(11-14)26-9-8-21-19(26)30-17/h3-7,10-11,13H,8-9H2,1-2H3,(H,22,28). The van der Waals surface area contributed by atoms with Gasteiger partial charge in [-0.3, -0.25) is 9.79 Å². The van der Waals surface area contributed by atoms with E-state index in [1.807, 2.05) is 56.3 Å². The van der Waals surface area contributed by atoms with E-state index >= 15 is 0 Å². The fourth-order valence-electron chi connectivity index (χ4n) is 3.36. The molecule has 3 heterocycles. The van der Waals surface area contributed by atoms with Crippen LogP contribution in [-0.4, -0.2) is 49.6 Å². The van der Waals surface area contributed by atoms with Gasteiger partial charge in [0.25, 0.3) is 0 Å². The number of nitrogens with zero attached hydrogens (tertiary/aromatic N) is 6.